The number of ether oxygens (including phenoxy) is 9. The van der Waals surface area contributed by atoms with Gasteiger partial charge in [-0.15, -0.1) is 0 Å². The highest BCUT2D eigenvalue weighted by Gasteiger charge is 2.70. The number of rotatable bonds is 24. The van der Waals surface area contributed by atoms with Crippen LogP contribution in [0.4, 0.5) is 0 Å². The van der Waals surface area contributed by atoms with Gasteiger partial charge in [0, 0.05) is 17.4 Å². The van der Waals surface area contributed by atoms with Crippen LogP contribution in [0, 0.1) is 45.3 Å². The summed E-state index contributed by atoms with van der Waals surface area (Å²) in [5.41, 5.74) is -2.40. The lowest BCUT2D eigenvalue weighted by atomic mass is 9.38. The third-order valence-electron chi connectivity index (χ3n) is 22.4. The van der Waals surface area contributed by atoms with Gasteiger partial charge in [-0.3, -0.25) is 0 Å². The van der Waals surface area contributed by atoms with E-state index in [9.17, 15) is 91.9 Å². The number of aliphatic hydroxyl groups excluding tert-OH is 18. The van der Waals surface area contributed by atoms with Gasteiger partial charge in [0.25, 0.3) is 0 Å². The second-order valence-corrected chi connectivity index (χ2v) is 28.4. The van der Waals surface area contributed by atoms with Gasteiger partial charge >= 0.3 is 0 Å². The van der Waals surface area contributed by atoms with Crippen molar-refractivity contribution in [3.63, 3.8) is 0 Å². The van der Waals surface area contributed by atoms with Gasteiger partial charge < -0.3 is 140 Å². The van der Waals surface area contributed by atoms with E-state index in [0.29, 0.717) is 32.1 Å². The molecule has 88 heavy (non-hydrogen) atoms. The molecule has 0 aromatic rings. The first-order chi connectivity index (χ1) is 41.1. The normalized spacial score (nSPS) is 48.1. The molecular weight excluding hydrogens is 1170 g/mol. The molecule has 19 N–H and O–H groups in total. The highest BCUT2D eigenvalue weighted by atomic mass is 16.8. The Morgan fingerprint density at radius 3 is 1.72 bits per heavy atom. The summed E-state index contributed by atoms with van der Waals surface area (Å²) in [4.78, 5) is 0. The first-order valence-corrected chi connectivity index (χ1v) is 31.4. The molecule has 4 saturated heterocycles. The minimum Gasteiger partial charge on any atom is -0.396 e. The van der Waals surface area contributed by atoms with E-state index >= 15 is 0 Å². The van der Waals surface area contributed by atoms with Crippen molar-refractivity contribution in [3.05, 3.63) is 11.6 Å². The molecule has 3 unspecified atom stereocenters. The van der Waals surface area contributed by atoms with E-state index < -0.39 is 209 Å². The van der Waals surface area contributed by atoms with Crippen LogP contribution in [0.3, 0.4) is 0 Å². The van der Waals surface area contributed by atoms with Gasteiger partial charge in [-0.25, -0.2) is 0 Å². The maximum absolute atomic E-state index is 12.8. The van der Waals surface area contributed by atoms with Crippen molar-refractivity contribution < 1.29 is 140 Å². The van der Waals surface area contributed by atoms with Gasteiger partial charge in [-0.1, -0.05) is 53.2 Å². The zero-order valence-electron chi connectivity index (χ0n) is 51.7. The van der Waals surface area contributed by atoms with Crippen LogP contribution in [-0.4, -0.2) is 302 Å². The van der Waals surface area contributed by atoms with Gasteiger partial charge in [-0.2, -0.15) is 0 Å². The van der Waals surface area contributed by atoms with Crippen molar-refractivity contribution in [2.75, 3.05) is 39.6 Å². The molecule has 7 fully saturated rings. The fraction of sp³-hybridized carbons (Fsp3) is 0.967. The second-order valence-electron chi connectivity index (χ2n) is 28.4. The van der Waals surface area contributed by atoms with Crippen LogP contribution in [0.1, 0.15) is 113 Å². The van der Waals surface area contributed by atoms with E-state index in [1.54, 1.807) is 0 Å². The van der Waals surface area contributed by atoms with Crippen molar-refractivity contribution in [1.29, 1.82) is 0 Å². The quantitative estimate of drug-likeness (QED) is 0.0404. The minimum atomic E-state index is -1.95. The summed E-state index contributed by atoms with van der Waals surface area (Å²) in [6.07, 6.45) is -33.8. The fourth-order valence-corrected chi connectivity index (χ4v) is 16.6. The van der Waals surface area contributed by atoms with Crippen LogP contribution in [-0.2, 0) is 42.6 Å². The van der Waals surface area contributed by atoms with E-state index in [1.165, 1.54) is 13.8 Å². The van der Waals surface area contributed by atoms with Crippen LogP contribution in [0.2, 0.25) is 0 Å². The third kappa shape index (κ3) is 13.7. The van der Waals surface area contributed by atoms with Crippen molar-refractivity contribution in [1.82, 2.24) is 0 Å². The molecule has 0 radical (unpaired) electrons. The van der Waals surface area contributed by atoms with Gasteiger partial charge in [0.05, 0.1) is 63.1 Å². The fourth-order valence-electron chi connectivity index (χ4n) is 16.6. The summed E-state index contributed by atoms with van der Waals surface area (Å²) in [6, 6.07) is 0. The number of allylic oxidation sites excluding steroid dienone is 1. The zero-order chi connectivity index (χ0) is 65.1. The maximum Gasteiger partial charge on any atom is 0.187 e. The standard InChI is InChI=1S/C60H104O28/c1-25(9-13-38(57(4,5)79)87-55-51(88-54-50(78)45(73)41(69)32(21-63)83-54)47(75)43(71)34(85-55)24-81-52-48(76)44(72)40(68)31(20-62)82-52)26-15-17-58(6)35-12-10-27-28(60(35,8)36(66)19-59(26,58)7)11-14-37(56(27,2)3)86-53-49(77)46(74)42(70)33(84-53)23-80-22-30(65)39(67)29(64)16-18-61/h10,25-26,28-55,61-79H,9,11-24H2,1-8H3/t25-,26?,28?,29-,30+,31-,32-,33-,34-,35?,36-,37+,38-,39+,40-,41-,42-,43-,44+,45+,46+,47+,48-,49-,50-,51-,52-,53+,54+,55+,58+,59-,60+/m1/s1. The average Bonchev–Trinajstić information content (AvgIpc) is 1.26. The SMILES string of the molecule is C[C@H](CC[C@@H](O[C@@H]1O[C@H](CO[C@@H]2O[C@H](CO)[C@@H](O)[C@H](O)[C@H]2O)[C@@H](O)[C@H](O)[C@H]1O[C@@H]1O[C@H](CO)[C@@H](O)[C@H](O)[C@H]1O)C(C)(C)O)C1CC[C@@]2(C)C3CC=C4C(CC[C@H](O[C@@H]5O[C@H](COC[C@H](O)[C@@H](O)[C@H](O)CCO)[C@@H](O)[C@H](O)[C@H]5O)C4(C)C)[C@]3(C)[C@H](O)C[C@]12C. The van der Waals surface area contributed by atoms with Crippen LogP contribution in [0.25, 0.3) is 0 Å². The number of aliphatic hydroxyl groups is 19. The topological polar surface area (TPSA) is 467 Å². The monoisotopic (exact) mass is 1270 g/mol. The van der Waals surface area contributed by atoms with E-state index in [-0.39, 0.29) is 54.0 Å². The maximum atomic E-state index is 12.8. The lowest BCUT2D eigenvalue weighted by molar-refractivity contribution is -0.380. The molecule has 28 nitrogen and oxygen atoms in total. The minimum absolute atomic E-state index is 0.0300. The van der Waals surface area contributed by atoms with E-state index in [0.717, 1.165) is 18.4 Å². The van der Waals surface area contributed by atoms with Crippen molar-refractivity contribution in [3.8, 4) is 0 Å². The van der Waals surface area contributed by atoms with Crippen molar-refractivity contribution in [2.45, 2.75) is 278 Å². The molecule has 0 bridgehead atoms. The molecule has 28 heteroatoms. The van der Waals surface area contributed by atoms with Crippen LogP contribution in [0.15, 0.2) is 11.6 Å². The Morgan fingerprint density at radius 1 is 0.591 bits per heavy atom. The van der Waals surface area contributed by atoms with Crippen LogP contribution < -0.4 is 0 Å². The van der Waals surface area contributed by atoms with Crippen molar-refractivity contribution in [2.24, 2.45) is 45.3 Å². The Hall–Kier alpha value is -1.38. The number of fused-ring (bicyclic) bond motifs is 5. The van der Waals surface area contributed by atoms with Gasteiger partial charge in [0.15, 0.2) is 25.2 Å². The molecule has 33 atom stereocenters. The van der Waals surface area contributed by atoms with Crippen LogP contribution in [0.5, 0.6) is 0 Å². The van der Waals surface area contributed by atoms with E-state index in [2.05, 4.69) is 47.6 Å². The van der Waals surface area contributed by atoms with E-state index in [4.69, 9.17) is 47.7 Å². The molecule has 4 aliphatic carbocycles. The highest BCUT2D eigenvalue weighted by Crippen LogP contribution is 2.75. The molecule has 0 spiro atoms. The molecule has 0 aromatic carbocycles. The summed E-state index contributed by atoms with van der Waals surface area (Å²) >= 11 is 0. The largest absolute Gasteiger partial charge is 0.396 e. The molecule has 4 heterocycles. The van der Waals surface area contributed by atoms with Gasteiger partial charge in [0.1, 0.15) is 110 Å². The predicted molar refractivity (Wildman–Crippen MR) is 301 cm³/mol. The van der Waals surface area contributed by atoms with Gasteiger partial charge in [-0.05, 0) is 106 Å². The summed E-state index contributed by atoms with van der Waals surface area (Å²) in [7, 11) is 0. The highest BCUT2D eigenvalue weighted by molar-refractivity contribution is 5.32. The summed E-state index contributed by atoms with van der Waals surface area (Å²) in [6.45, 7) is 12.6. The molecular formula is C60H104O28. The Balaban J connectivity index is 0.954. The predicted octanol–water partition coefficient (Wildman–Crippen LogP) is -4.74. The van der Waals surface area contributed by atoms with E-state index in [1.807, 2.05) is 0 Å². The molecule has 0 aromatic heterocycles. The summed E-state index contributed by atoms with van der Waals surface area (Å²) in [5.74, 6) is 0.0294. The Morgan fingerprint density at radius 2 is 1.12 bits per heavy atom. The van der Waals surface area contributed by atoms with Crippen molar-refractivity contribution >= 4 is 0 Å². The third-order valence-corrected chi connectivity index (χ3v) is 22.4. The van der Waals surface area contributed by atoms with Gasteiger partial charge in [0.2, 0.25) is 0 Å². The first-order valence-electron chi connectivity index (χ1n) is 31.4. The average molecular weight is 1270 g/mol. The summed E-state index contributed by atoms with van der Waals surface area (Å²) < 4.78 is 53.7. The lowest BCUT2D eigenvalue weighted by Gasteiger charge is -2.67. The Kier molecular flexibility index (Phi) is 23.5. The van der Waals surface area contributed by atoms with Crippen LogP contribution >= 0.6 is 0 Å². The lowest BCUT2D eigenvalue weighted by Crippen LogP contribution is -2.65. The smallest absolute Gasteiger partial charge is 0.187 e. The molecule has 4 aliphatic heterocycles. The summed E-state index contributed by atoms with van der Waals surface area (Å²) in [5, 5.41) is 204. The molecule has 8 aliphatic rings. The number of hydrogen-bond donors (Lipinski definition) is 19. The number of hydrogen-bond acceptors (Lipinski definition) is 28. The molecule has 512 valence electrons. The molecule has 0 amide bonds. The second kappa shape index (κ2) is 28.5. The Labute approximate surface area is 513 Å². The molecule has 3 saturated carbocycles. The Bertz CT molecular complexity index is 2260. The zero-order valence-corrected chi connectivity index (χ0v) is 51.7. The first kappa shape index (κ1) is 72.4. The molecule has 8 rings (SSSR count).